The lowest BCUT2D eigenvalue weighted by atomic mass is 10.2. The van der Waals surface area contributed by atoms with Crippen LogP contribution in [-0.2, 0) is 16.2 Å². The Hall–Kier alpha value is -3.95. The Morgan fingerprint density at radius 1 is 1.14 bits per heavy atom. The molecule has 10 nitrogen and oxygen atoms in total. The normalized spacial score (nSPS) is 13.0. The highest BCUT2D eigenvalue weighted by molar-refractivity contribution is 6.36. The first-order valence-electron chi connectivity index (χ1n) is 8.63. The van der Waals surface area contributed by atoms with E-state index < -0.39 is 16.9 Å². The maximum absolute atomic E-state index is 12.4. The van der Waals surface area contributed by atoms with Crippen LogP contribution in [0.2, 0.25) is 0 Å². The molecule has 1 N–H and O–H groups in total. The highest BCUT2D eigenvalue weighted by atomic mass is 16.6. The van der Waals surface area contributed by atoms with Gasteiger partial charge in [-0.15, -0.1) is 0 Å². The van der Waals surface area contributed by atoms with Crippen LogP contribution in [0.3, 0.4) is 0 Å². The average molecular weight is 399 g/mol. The molecule has 0 unspecified atom stereocenters. The van der Waals surface area contributed by atoms with Gasteiger partial charge in [0.05, 0.1) is 17.0 Å². The fraction of sp³-hybridized carbons (Fsp3) is 0.211. The minimum atomic E-state index is -1.08. The Morgan fingerprint density at radius 2 is 1.83 bits per heavy atom. The molecule has 0 aromatic heterocycles. The molecular weight excluding hydrogens is 382 g/mol. The summed E-state index contributed by atoms with van der Waals surface area (Å²) < 4.78 is 11.0. The maximum Gasteiger partial charge on any atom is 0.379 e. The first kappa shape index (κ1) is 19.8. The zero-order chi connectivity index (χ0) is 20.8. The van der Waals surface area contributed by atoms with E-state index in [0.717, 1.165) is 0 Å². The number of aliphatic carboxylic acids is 1. The summed E-state index contributed by atoms with van der Waals surface area (Å²) in [6.07, 6.45) is 0. The summed E-state index contributed by atoms with van der Waals surface area (Å²) in [5.41, 5.74) is 0.290. The Morgan fingerprint density at radius 3 is 2.55 bits per heavy atom. The number of hydrogen-bond acceptors (Lipinski definition) is 8. The van der Waals surface area contributed by atoms with Gasteiger partial charge in [-0.25, -0.2) is 4.79 Å². The molecule has 0 amide bonds. The number of nitro benzene ring substituents is 1. The molecular formula is C19H17N3O7. The third-order valence-corrected chi connectivity index (χ3v) is 4.06. The smallest absolute Gasteiger partial charge is 0.379 e. The number of aliphatic imine (C=N–C) groups is 1. The number of rotatable bonds is 8. The van der Waals surface area contributed by atoms with Crippen molar-refractivity contribution in [2.45, 2.75) is 6.61 Å². The molecule has 1 heterocycles. The molecule has 3 rings (SSSR count). The highest BCUT2D eigenvalue weighted by Gasteiger charge is 2.28. The predicted molar refractivity (Wildman–Crippen MR) is 101 cm³/mol. The summed E-state index contributed by atoms with van der Waals surface area (Å²) in [5, 5.41) is 20.1. The molecule has 0 aliphatic carbocycles. The summed E-state index contributed by atoms with van der Waals surface area (Å²) in [7, 11) is 0. The lowest BCUT2D eigenvalue weighted by Crippen LogP contribution is -2.39. The Bertz CT molecular complexity index is 974. The topological polar surface area (TPSA) is 132 Å². The molecule has 29 heavy (non-hydrogen) atoms. The van der Waals surface area contributed by atoms with Crippen LogP contribution in [0.5, 0.6) is 11.5 Å². The molecule has 0 spiro atoms. The number of ether oxygens (including phenoxy) is 2. The van der Waals surface area contributed by atoms with Gasteiger partial charge in [-0.2, -0.15) is 0 Å². The number of para-hydroxylation sites is 3. The molecule has 10 heteroatoms. The van der Waals surface area contributed by atoms with E-state index >= 15 is 0 Å². The predicted octanol–water partition coefficient (Wildman–Crippen LogP) is 1.88. The molecule has 1 aliphatic heterocycles. The van der Waals surface area contributed by atoms with Gasteiger partial charge in [0.25, 0.3) is 5.69 Å². The van der Waals surface area contributed by atoms with Gasteiger partial charge in [0, 0.05) is 12.6 Å². The number of esters is 1. The van der Waals surface area contributed by atoms with Crippen LogP contribution in [0.4, 0.5) is 5.69 Å². The largest absolute Gasteiger partial charge is 0.485 e. The van der Waals surface area contributed by atoms with Crippen LogP contribution in [0.1, 0.15) is 5.56 Å². The third kappa shape index (κ3) is 4.86. The van der Waals surface area contributed by atoms with Crippen LogP contribution in [0.25, 0.3) is 0 Å². The Kier molecular flexibility index (Phi) is 6.03. The molecule has 2 aromatic carbocycles. The SMILES string of the molecule is O=C(O)CN1CCN=C1C(=O)Oc1ccccc1OCc1ccccc1[N+](=O)[O-]. The van der Waals surface area contributed by atoms with Crippen LogP contribution in [-0.4, -0.2) is 52.3 Å². The van der Waals surface area contributed by atoms with E-state index in [1.165, 1.54) is 17.0 Å². The van der Waals surface area contributed by atoms with E-state index in [1.807, 2.05) is 0 Å². The summed E-state index contributed by atoms with van der Waals surface area (Å²) in [6, 6.07) is 12.5. The minimum Gasteiger partial charge on any atom is -0.485 e. The quantitative estimate of drug-likeness (QED) is 0.308. The molecule has 2 aromatic rings. The van der Waals surface area contributed by atoms with E-state index in [4.69, 9.17) is 14.6 Å². The molecule has 0 saturated carbocycles. The van der Waals surface area contributed by atoms with Crippen molar-refractivity contribution in [1.82, 2.24) is 4.90 Å². The molecule has 0 radical (unpaired) electrons. The highest BCUT2D eigenvalue weighted by Crippen LogP contribution is 2.29. The first-order chi connectivity index (χ1) is 14.0. The zero-order valence-corrected chi connectivity index (χ0v) is 15.2. The van der Waals surface area contributed by atoms with Gasteiger partial charge in [-0.3, -0.25) is 19.9 Å². The van der Waals surface area contributed by atoms with Gasteiger partial charge in [0.15, 0.2) is 11.5 Å². The fourth-order valence-electron chi connectivity index (χ4n) is 2.76. The summed E-state index contributed by atoms with van der Waals surface area (Å²) in [5.74, 6) is -1.64. The van der Waals surface area contributed by atoms with E-state index in [2.05, 4.69) is 4.99 Å². The Balaban J connectivity index is 1.72. The summed E-state index contributed by atoms with van der Waals surface area (Å²) in [4.78, 5) is 39.3. The standard InChI is InChI=1S/C19H17N3O7/c23-17(24)11-21-10-9-20-18(21)19(25)29-16-8-4-3-7-15(16)28-12-13-5-1-2-6-14(13)22(26)27/h1-8H,9-12H2,(H,23,24). The molecule has 150 valence electrons. The molecule has 0 fully saturated rings. The molecule has 0 bridgehead atoms. The minimum absolute atomic E-state index is 0.0686. The van der Waals surface area contributed by atoms with Gasteiger partial charge in [-0.1, -0.05) is 24.3 Å². The number of carboxylic acids is 1. The van der Waals surface area contributed by atoms with Crippen molar-refractivity contribution in [3.63, 3.8) is 0 Å². The molecule has 0 atom stereocenters. The van der Waals surface area contributed by atoms with E-state index in [1.54, 1.807) is 36.4 Å². The monoisotopic (exact) mass is 399 g/mol. The van der Waals surface area contributed by atoms with Crippen molar-refractivity contribution in [3.05, 3.63) is 64.2 Å². The fourth-order valence-corrected chi connectivity index (χ4v) is 2.76. The lowest BCUT2D eigenvalue weighted by Gasteiger charge is -2.17. The molecule has 1 aliphatic rings. The van der Waals surface area contributed by atoms with E-state index in [0.29, 0.717) is 18.7 Å². The summed E-state index contributed by atoms with van der Waals surface area (Å²) in [6.45, 7) is 0.154. The number of carboxylic acid groups (broad SMARTS) is 1. The second-order valence-corrected chi connectivity index (χ2v) is 6.03. The number of amidine groups is 1. The van der Waals surface area contributed by atoms with Crippen molar-refractivity contribution in [2.24, 2.45) is 4.99 Å². The number of nitrogens with zero attached hydrogens (tertiary/aromatic N) is 3. The Labute approximate surface area is 165 Å². The van der Waals surface area contributed by atoms with Crippen LogP contribution < -0.4 is 9.47 Å². The number of carbonyl (C=O) groups excluding carboxylic acids is 1. The number of nitro groups is 1. The van der Waals surface area contributed by atoms with Gasteiger partial charge < -0.3 is 19.5 Å². The van der Waals surface area contributed by atoms with Crippen LogP contribution >= 0.6 is 0 Å². The van der Waals surface area contributed by atoms with E-state index in [-0.39, 0.29) is 36.2 Å². The van der Waals surface area contributed by atoms with E-state index in [9.17, 15) is 19.7 Å². The average Bonchev–Trinajstić information content (AvgIpc) is 3.15. The van der Waals surface area contributed by atoms with Crippen LogP contribution in [0.15, 0.2) is 53.5 Å². The van der Waals surface area contributed by atoms with Crippen molar-refractivity contribution in [3.8, 4) is 11.5 Å². The number of hydrogen-bond donors (Lipinski definition) is 1. The lowest BCUT2D eigenvalue weighted by molar-refractivity contribution is -0.385. The van der Waals surface area contributed by atoms with Gasteiger partial charge in [0.1, 0.15) is 13.2 Å². The first-order valence-corrected chi connectivity index (χ1v) is 8.63. The number of benzene rings is 2. The van der Waals surface area contributed by atoms with Gasteiger partial charge >= 0.3 is 11.9 Å². The second kappa shape index (κ2) is 8.83. The zero-order valence-electron chi connectivity index (χ0n) is 15.2. The third-order valence-electron chi connectivity index (χ3n) is 4.06. The maximum atomic E-state index is 12.4. The van der Waals surface area contributed by atoms with Crippen molar-refractivity contribution >= 4 is 23.5 Å². The van der Waals surface area contributed by atoms with Gasteiger partial charge in [-0.05, 0) is 18.2 Å². The number of carbonyl (C=O) groups is 2. The van der Waals surface area contributed by atoms with Crippen molar-refractivity contribution in [1.29, 1.82) is 0 Å². The summed E-state index contributed by atoms with van der Waals surface area (Å²) >= 11 is 0. The second-order valence-electron chi connectivity index (χ2n) is 6.03. The van der Waals surface area contributed by atoms with Gasteiger partial charge in [0.2, 0.25) is 5.84 Å². The van der Waals surface area contributed by atoms with Crippen molar-refractivity contribution in [2.75, 3.05) is 19.6 Å². The van der Waals surface area contributed by atoms with Crippen LogP contribution in [0, 0.1) is 10.1 Å². The van der Waals surface area contributed by atoms with Crippen molar-refractivity contribution < 1.29 is 29.1 Å². The molecule has 0 saturated heterocycles.